The highest BCUT2D eigenvalue weighted by Gasteiger charge is 2.25. The Bertz CT molecular complexity index is 596. The van der Waals surface area contributed by atoms with Gasteiger partial charge >= 0.3 is 0 Å². The molecule has 0 aliphatic heterocycles. The molecule has 4 nitrogen and oxygen atoms in total. The van der Waals surface area contributed by atoms with Gasteiger partial charge in [-0.15, -0.1) is 0 Å². The van der Waals surface area contributed by atoms with Gasteiger partial charge in [-0.2, -0.15) is 0 Å². The number of aryl methyl sites for hydroxylation is 1. The van der Waals surface area contributed by atoms with E-state index in [-0.39, 0.29) is 18.3 Å². The van der Waals surface area contributed by atoms with E-state index in [4.69, 9.17) is 4.42 Å². The average Bonchev–Trinajstić information content (AvgIpc) is 2.81. The van der Waals surface area contributed by atoms with Crippen molar-refractivity contribution >= 4 is 16.9 Å². The summed E-state index contributed by atoms with van der Waals surface area (Å²) in [7, 11) is 0. The number of furan rings is 1. The molecule has 102 valence electrons. The molecular formula is C15H19NO3. The second-order valence-corrected chi connectivity index (χ2v) is 5.18. The van der Waals surface area contributed by atoms with Crippen LogP contribution in [0.5, 0.6) is 0 Å². The third kappa shape index (κ3) is 2.79. The summed E-state index contributed by atoms with van der Waals surface area (Å²) in [5.74, 6) is -0.0269. The molecule has 2 N–H and O–H groups in total. The molecule has 0 bridgehead atoms. The molecule has 0 radical (unpaired) electrons. The number of hydrogen-bond donors (Lipinski definition) is 2. The second kappa shape index (κ2) is 5.05. The first kappa shape index (κ1) is 13.6. The zero-order valence-corrected chi connectivity index (χ0v) is 11.5. The van der Waals surface area contributed by atoms with E-state index in [1.807, 2.05) is 32.0 Å². The zero-order valence-electron chi connectivity index (χ0n) is 11.5. The molecule has 0 saturated heterocycles. The number of amides is 1. The number of aliphatic hydroxyl groups is 1. The van der Waals surface area contributed by atoms with Crippen molar-refractivity contribution in [2.24, 2.45) is 0 Å². The van der Waals surface area contributed by atoms with Gasteiger partial charge in [0.2, 0.25) is 0 Å². The summed E-state index contributed by atoms with van der Waals surface area (Å²) in [4.78, 5) is 12.1. The SMILES string of the molecule is CCC(C)(CO)NC(=O)c1cc2cc(C)ccc2o1. The molecule has 0 aliphatic carbocycles. The largest absolute Gasteiger partial charge is 0.451 e. The first-order valence-electron chi connectivity index (χ1n) is 6.41. The Morgan fingerprint density at radius 2 is 2.16 bits per heavy atom. The first-order valence-corrected chi connectivity index (χ1v) is 6.41. The van der Waals surface area contributed by atoms with Crippen LogP contribution in [0.2, 0.25) is 0 Å². The lowest BCUT2D eigenvalue weighted by molar-refractivity contribution is 0.0821. The van der Waals surface area contributed by atoms with Crippen LogP contribution in [0, 0.1) is 6.92 Å². The van der Waals surface area contributed by atoms with Crippen LogP contribution in [0.1, 0.15) is 36.4 Å². The monoisotopic (exact) mass is 261 g/mol. The van der Waals surface area contributed by atoms with Gasteiger partial charge in [0, 0.05) is 5.39 Å². The molecule has 1 atom stereocenters. The maximum absolute atomic E-state index is 12.1. The van der Waals surface area contributed by atoms with Gasteiger partial charge in [-0.3, -0.25) is 4.79 Å². The number of carbonyl (C=O) groups excluding carboxylic acids is 1. The Morgan fingerprint density at radius 3 is 2.79 bits per heavy atom. The van der Waals surface area contributed by atoms with E-state index < -0.39 is 5.54 Å². The Balaban J connectivity index is 2.27. The quantitative estimate of drug-likeness (QED) is 0.889. The maximum Gasteiger partial charge on any atom is 0.287 e. The molecule has 0 saturated carbocycles. The average molecular weight is 261 g/mol. The van der Waals surface area contributed by atoms with Crippen LogP contribution < -0.4 is 5.32 Å². The van der Waals surface area contributed by atoms with Crippen LogP contribution in [-0.4, -0.2) is 23.2 Å². The van der Waals surface area contributed by atoms with Gasteiger partial charge in [0.1, 0.15) is 5.58 Å². The van der Waals surface area contributed by atoms with E-state index in [1.54, 1.807) is 13.0 Å². The minimum absolute atomic E-state index is 0.103. The molecule has 1 aromatic carbocycles. The Hall–Kier alpha value is -1.81. The Morgan fingerprint density at radius 1 is 1.42 bits per heavy atom. The molecule has 2 aromatic rings. The number of rotatable bonds is 4. The van der Waals surface area contributed by atoms with Gasteiger partial charge in [-0.1, -0.05) is 18.6 Å². The van der Waals surface area contributed by atoms with Crippen molar-refractivity contribution in [3.63, 3.8) is 0 Å². The predicted octanol–water partition coefficient (Wildman–Crippen LogP) is 2.63. The van der Waals surface area contributed by atoms with Gasteiger partial charge in [0.05, 0.1) is 12.1 Å². The van der Waals surface area contributed by atoms with Gasteiger partial charge < -0.3 is 14.8 Å². The molecule has 1 aromatic heterocycles. The predicted molar refractivity (Wildman–Crippen MR) is 74.2 cm³/mol. The van der Waals surface area contributed by atoms with Crippen molar-refractivity contribution in [2.45, 2.75) is 32.7 Å². The van der Waals surface area contributed by atoms with E-state index in [2.05, 4.69) is 5.32 Å². The summed E-state index contributed by atoms with van der Waals surface area (Å²) < 4.78 is 5.53. The molecule has 2 rings (SSSR count). The van der Waals surface area contributed by atoms with Crippen LogP contribution in [0.25, 0.3) is 11.0 Å². The number of aliphatic hydroxyl groups excluding tert-OH is 1. The molecule has 1 heterocycles. The highest BCUT2D eigenvalue weighted by Crippen LogP contribution is 2.21. The highest BCUT2D eigenvalue weighted by atomic mass is 16.3. The lowest BCUT2D eigenvalue weighted by Gasteiger charge is -2.26. The topological polar surface area (TPSA) is 62.5 Å². The number of nitrogens with one attached hydrogen (secondary N) is 1. The second-order valence-electron chi connectivity index (χ2n) is 5.18. The fraction of sp³-hybridized carbons (Fsp3) is 0.400. The molecule has 1 unspecified atom stereocenters. The number of benzene rings is 1. The van der Waals surface area contributed by atoms with Crippen LogP contribution in [0.15, 0.2) is 28.7 Å². The number of fused-ring (bicyclic) bond motifs is 1. The molecule has 1 amide bonds. The lowest BCUT2D eigenvalue weighted by Crippen LogP contribution is -2.48. The first-order chi connectivity index (χ1) is 8.97. The summed E-state index contributed by atoms with van der Waals surface area (Å²) in [6, 6.07) is 7.50. The van der Waals surface area contributed by atoms with Crippen LogP contribution >= 0.6 is 0 Å². The lowest BCUT2D eigenvalue weighted by atomic mass is 10.0. The summed E-state index contributed by atoms with van der Waals surface area (Å²) in [5, 5.41) is 13.0. The van der Waals surface area contributed by atoms with Crippen LogP contribution in [0.4, 0.5) is 0 Å². The molecule has 0 fully saturated rings. The summed E-state index contributed by atoms with van der Waals surface area (Å²) in [5.41, 5.74) is 1.19. The Labute approximate surface area is 112 Å². The van der Waals surface area contributed by atoms with Crippen LogP contribution in [-0.2, 0) is 0 Å². The van der Waals surface area contributed by atoms with Crippen molar-refractivity contribution in [3.8, 4) is 0 Å². The van der Waals surface area contributed by atoms with E-state index in [1.165, 1.54) is 0 Å². The van der Waals surface area contributed by atoms with Crippen molar-refractivity contribution in [1.82, 2.24) is 5.32 Å². The Kier molecular flexibility index (Phi) is 3.62. The summed E-state index contributed by atoms with van der Waals surface area (Å²) in [6.07, 6.45) is 0.647. The van der Waals surface area contributed by atoms with E-state index in [9.17, 15) is 9.90 Å². The normalized spacial score (nSPS) is 14.3. The van der Waals surface area contributed by atoms with E-state index in [0.29, 0.717) is 12.0 Å². The van der Waals surface area contributed by atoms with Gasteiger partial charge in [0.15, 0.2) is 5.76 Å². The minimum atomic E-state index is -0.619. The molecule has 19 heavy (non-hydrogen) atoms. The van der Waals surface area contributed by atoms with Crippen LogP contribution in [0.3, 0.4) is 0 Å². The standard InChI is InChI=1S/C15H19NO3/c1-4-15(3,9-17)16-14(18)13-8-11-7-10(2)5-6-12(11)19-13/h5-8,17H,4,9H2,1-3H3,(H,16,18). The van der Waals surface area contributed by atoms with E-state index >= 15 is 0 Å². The van der Waals surface area contributed by atoms with Crippen molar-refractivity contribution in [2.75, 3.05) is 6.61 Å². The fourth-order valence-electron chi connectivity index (χ4n) is 1.85. The van der Waals surface area contributed by atoms with Gasteiger partial charge in [0.25, 0.3) is 5.91 Å². The fourth-order valence-corrected chi connectivity index (χ4v) is 1.85. The summed E-state index contributed by atoms with van der Waals surface area (Å²) >= 11 is 0. The van der Waals surface area contributed by atoms with Crippen molar-refractivity contribution < 1.29 is 14.3 Å². The highest BCUT2D eigenvalue weighted by molar-refractivity contribution is 5.96. The maximum atomic E-state index is 12.1. The number of hydrogen-bond acceptors (Lipinski definition) is 3. The smallest absolute Gasteiger partial charge is 0.287 e. The third-order valence-electron chi connectivity index (χ3n) is 3.44. The molecule has 0 aliphatic rings. The molecule has 4 heteroatoms. The van der Waals surface area contributed by atoms with E-state index in [0.717, 1.165) is 10.9 Å². The minimum Gasteiger partial charge on any atom is -0.451 e. The zero-order chi connectivity index (χ0) is 14.0. The van der Waals surface area contributed by atoms with Gasteiger partial charge in [-0.05, 0) is 38.5 Å². The third-order valence-corrected chi connectivity index (χ3v) is 3.44. The van der Waals surface area contributed by atoms with Crippen molar-refractivity contribution in [1.29, 1.82) is 0 Å². The van der Waals surface area contributed by atoms with Crippen molar-refractivity contribution in [3.05, 3.63) is 35.6 Å². The number of carbonyl (C=O) groups is 1. The van der Waals surface area contributed by atoms with Gasteiger partial charge in [-0.25, -0.2) is 0 Å². The molecular weight excluding hydrogens is 242 g/mol. The molecule has 0 spiro atoms. The summed E-state index contributed by atoms with van der Waals surface area (Å²) in [6.45, 7) is 5.61.